The van der Waals surface area contributed by atoms with Gasteiger partial charge < -0.3 is 4.74 Å². The van der Waals surface area contributed by atoms with Crippen molar-refractivity contribution in [3.05, 3.63) is 35.9 Å². The quantitative estimate of drug-likeness (QED) is 0.559. The Bertz CT molecular complexity index is 389. The van der Waals surface area contributed by atoms with Crippen molar-refractivity contribution in [2.75, 3.05) is 19.0 Å². The molecule has 0 amide bonds. The van der Waals surface area contributed by atoms with Crippen molar-refractivity contribution in [3.63, 3.8) is 0 Å². The Morgan fingerprint density at radius 3 is 2.44 bits per heavy atom. The monoisotopic (exact) mass is 262 g/mol. The Morgan fingerprint density at radius 1 is 1.12 bits per heavy atom. The molecule has 5 heteroatoms. The number of rotatable bonds is 7. The van der Waals surface area contributed by atoms with Gasteiger partial charge in [-0.1, -0.05) is 30.3 Å². The van der Waals surface area contributed by atoms with Gasteiger partial charge in [-0.2, -0.15) is 0 Å². The van der Waals surface area contributed by atoms with Crippen molar-refractivity contribution < 1.29 is 13.2 Å². The molecule has 0 aliphatic carbocycles. The summed E-state index contributed by atoms with van der Waals surface area (Å²) in [5, 5.41) is 0. The average Bonchev–Trinajstić information content (AvgIpc) is 2.23. The highest BCUT2D eigenvalue weighted by molar-refractivity contribution is 8.13. The standard InChI is InChI=1S/C11H15ClO3S/c12-16(13,14)10-9-15-8-4-7-11-5-2-1-3-6-11/h1-3,5-6H,4,7-10H2. The van der Waals surface area contributed by atoms with Gasteiger partial charge in [-0.05, 0) is 18.4 Å². The van der Waals surface area contributed by atoms with E-state index in [0.717, 1.165) is 12.8 Å². The minimum absolute atomic E-state index is 0.125. The molecule has 0 unspecified atom stereocenters. The van der Waals surface area contributed by atoms with Gasteiger partial charge in [0.25, 0.3) is 0 Å². The zero-order valence-corrected chi connectivity index (χ0v) is 10.5. The lowest BCUT2D eigenvalue weighted by molar-refractivity contribution is 0.147. The number of benzene rings is 1. The van der Waals surface area contributed by atoms with Crippen LogP contribution in [0.1, 0.15) is 12.0 Å². The third-order valence-corrected chi connectivity index (χ3v) is 3.19. The predicted molar refractivity (Wildman–Crippen MR) is 65.2 cm³/mol. The van der Waals surface area contributed by atoms with E-state index >= 15 is 0 Å². The second-order valence-corrected chi connectivity index (χ2v) is 6.34. The topological polar surface area (TPSA) is 43.4 Å². The van der Waals surface area contributed by atoms with E-state index in [9.17, 15) is 8.42 Å². The lowest BCUT2D eigenvalue weighted by atomic mass is 10.1. The van der Waals surface area contributed by atoms with Crippen LogP contribution in [0.2, 0.25) is 0 Å². The lowest BCUT2D eigenvalue weighted by Gasteiger charge is -2.03. The van der Waals surface area contributed by atoms with Crippen molar-refractivity contribution in [3.8, 4) is 0 Å². The van der Waals surface area contributed by atoms with E-state index < -0.39 is 9.05 Å². The highest BCUT2D eigenvalue weighted by atomic mass is 35.7. The third kappa shape index (κ3) is 6.82. The molecule has 0 saturated carbocycles. The predicted octanol–water partition coefficient (Wildman–Crippen LogP) is 2.20. The molecule has 0 heterocycles. The summed E-state index contributed by atoms with van der Waals surface area (Å²) in [5.74, 6) is -0.125. The SMILES string of the molecule is O=S(=O)(Cl)CCOCCCc1ccccc1. The molecule has 90 valence electrons. The van der Waals surface area contributed by atoms with E-state index in [1.807, 2.05) is 18.2 Å². The molecule has 0 radical (unpaired) electrons. The fraction of sp³-hybridized carbons (Fsp3) is 0.455. The van der Waals surface area contributed by atoms with E-state index in [1.165, 1.54) is 5.56 Å². The molecule has 0 atom stereocenters. The zero-order valence-electron chi connectivity index (χ0n) is 8.93. The maximum atomic E-state index is 10.6. The first-order valence-corrected chi connectivity index (χ1v) is 7.60. The zero-order chi connectivity index (χ0) is 11.9. The van der Waals surface area contributed by atoms with Crippen molar-refractivity contribution >= 4 is 19.7 Å². The van der Waals surface area contributed by atoms with Crippen molar-refractivity contribution in [2.45, 2.75) is 12.8 Å². The molecule has 0 N–H and O–H groups in total. The molecule has 1 rings (SSSR count). The Balaban J connectivity index is 2.05. The molecule has 0 spiro atoms. The summed E-state index contributed by atoms with van der Waals surface area (Å²) < 4.78 is 26.3. The van der Waals surface area contributed by atoms with Gasteiger partial charge in [0.2, 0.25) is 9.05 Å². The molecule has 16 heavy (non-hydrogen) atoms. The van der Waals surface area contributed by atoms with E-state index in [0.29, 0.717) is 6.61 Å². The number of hydrogen-bond donors (Lipinski definition) is 0. The highest BCUT2D eigenvalue weighted by Crippen LogP contribution is 2.02. The maximum Gasteiger partial charge on any atom is 0.234 e. The summed E-state index contributed by atoms with van der Waals surface area (Å²) >= 11 is 0. The Hall–Kier alpha value is -0.580. The van der Waals surface area contributed by atoms with Crippen molar-refractivity contribution in [1.82, 2.24) is 0 Å². The summed E-state index contributed by atoms with van der Waals surface area (Å²) in [6.07, 6.45) is 1.82. The van der Waals surface area contributed by atoms with Gasteiger partial charge in [-0.3, -0.25) is 0 Å². The second-order valence-electron chi connectivity index (χ2n) is 3.44. The van der Waals surface area contributed by atoms with Crippen LogP contribution in [0, 0.1) is 0 Å². The van der Waals surface area contributed by atoms with Gasteiger partial charge in [0.1, 0.15) is 0 Å². The van der Waals surface area contributed by atoms with Crippen LogP contribution < -0.4 is 0 Å². The summed E-state index contributed by atoms with van der Waals surface area (Å²) in [5.41, 5.74) is 1.26. The first-order chi connectivity index (χ1) is 7.58. The fourth-order valence-electron chi connectivity index (χ4n) is 1.28. The molecule has 1 aromatic rings. The Labute approximate surface area is 101 Å². The van der Waals surface area contributed by atoms with Crippen LogP contribution in [0.15, 0.2) is 30.3 Å². The molecule has 0 aliphatic rings. The first kappa shape index (κ1) is 13.5. The van der Waals surface area contributed by atoms with Crippen LogP contribution in [-0.2, 0) is 20.2 Å². The minimum Gasteiger partial charge on any atom is -0.380 e. The number of halogens is 1. The van der Waals surface area contributed by atoms with E-state index in [4.69, 9.17) is 15.4 Å². The van der Waals surface area contributed by atoms with Gasteiger partial charge in [0, 0.05) is 17.3 Å². The summed E-state index contributed by atoms with van der Waals surface area (Å²) in [4.78, 5) is 0. The Morgan fingerprint density at radius 2 is 1.81 bits per heavy atom. The van der Waals surface area contributed by atoms with E-state index in [1.54, 1.807) is 0 Å². The average molecular weight is 263 g/mol. The van der Waals surface area contributed by atoms with Crippen LogP contribution in [0.3, 0.4) is 0 Å². The maximum absolute atomic E-state index is 10.6. The van der Waals surface area contributed by atoms with Gasteiger partial charge >= 0.3 is 0 Å². The van der Waals surface area contributed by atoms with E-state index in [-0.39, 0.29) is 12.4 Å². The van der Waals surface area contributed by atoms with Gasteiger partial charge in [0.05, 0.1) is 12.4 Å². The van der Waals surface area contributed by atoms with Gasteiger partial charge in [-0.25, -0.2) is 8.42 Å². The number of ether oxygens (including phenoxy) is 1. The minimum atomic E-state index is -3.42. The highest BCUT2D eigenvalue weighted by Gasteiger charge is 2.03. The first-order valence-electron chi connectivity index (χ1n) is 5.12. The van der Waals surface area contributed by atoms with E-state index in [2.05, 4.69) is 12.1 Å². The molecular weight excluding hydrogens is 248 g/mol. The molecular formula is C11H15ClO3S. The number of aryl methyl sites for hydroxylation is 1. The second kappa shape index (κ2) is 6.89. The largest absolute Gasteiger partial charge is 0.380 e. The summed E-state index contributed by atoms with van der Waals surface area (Å²) in [6.45, 7) is 0.724. The van der Waals surface area contributed by atoms with Gasteiger partial charge in [0.15, 0.2) is 0 Å². The lowest BCUT2D eigenvalue weighted by Crippen LogP contribution is -2.07. The Kier molecular flexibility index (Phi) is 5.80. The molecule has 3 nitrogen and oxygen atoms in total. The third-order valence-electron chi connectivity index (χ3n) is 2.07. The normalized spacial score (nSPS) is 11.6. The van der Waals surface area contributed by atoms with Crippen molar-refractivity contribution in [2.24, 2.45) is 0 Å². The molecule has 0 bridgehead atoms. The van der Waals surface area contributed by atoms with Crippen molar-refractivity contribution in [1.29, 1.82) is 0 Å². The van der Waals surface area contributed by atoms with Crippen LogP contribution in [-0.4, -0.2) is 27.4 Å². The summed E-state index contributed by atoms with van der Waals surface area (Å²) in [7, 11) is 1.62. The van der Waals surface area contributed by atoms with Gasteiger partial charge in [-0.15, -0.1) is 0 Å². The van der Waals surface area contributed by atoms with Crippen LogP contribution in [0.5, 0.6) is 0 Å². The molecule has 0 aliphatic heterocycles. The fourth-order valence-corrected chi connectivity index (χ4v) is 1.79. The van der Waals surface area contributed by atoms with Crippen LogP contribution in [0.25, 0.3) is 0 Å². The smallest absolute Gasteiger partial charge is 0.234 e. The molecule has 0 saturated heterocycles. The molecule has 0 fully saturated rings. The molecule has 0 aromatic heterocycles. The van der Waals surface area contributed by atoms with Crippen LogP contribution in [0.4, 0.5) is 0 Å². The number of hydrogen-bond acceptors (Lipinski definition) is 3. The summed E-state index contributed by atoms with van der Waals surface area (Å²) in [6, 6.07) is 10.1. The van der Waals surface area contributed by atoms with Crippen LogP contribution >= 0.6 is 10.7 Å². The molecule has 1 aromatic carbocycles.